The molecule has 9 atom stereocenters. The highest BCUT2D eigenvalue weighted by atomic mass is 16.7. The minimum absolute atomic E-state index is 0.245. The Balaban J connectivity index is 2.22. The summed E-state index contributed by atoms with van der Waals surface area (Å²) in [5.41, 5.74) is 0. The number of nitrogens with one attached hydrogen (secondary N) is 1. The average molecular weight is 938 g/mol. The van der Waals surface area contributed by atoms with E-state index in [1.807, 2.05) is 6.08 Å². The van der Waals surface area contributed by atoms with E-state index >= 15 is 0 Å². The third-order valence-corrected chi connectivity index (χ3v) is 13.1. The van der Waals surface area contributed by atoms with Gasteiger partial charge in [-0.05, 0) is 70.6 Å². The van der Waals surface area contributed by atoms with Crippen LogP contribution in [0.15, 0.2) is 36.5 Å². The lowest BCUT2D eigenvalue weighted by atomic mass is 9.98. The molecule has 9 unspecified atom stereocenters. The zero-order chi connectivity index (χ0) is 48.3. The summed E-state index contributed by atoms with van der Waals surface area (Å²) in [7, 11) is 0. The largest absolute Gasteiger partial charge is 0.394 e. The molecule has 66 heavy (non-hydrogen) atoms. The van der Waals surface area contributed by atoms with Crippen LogP contribution in [0.4, 0.5) is 0 Å². The van der Waals surface area contributed by atoms with Crippen LogP contribution in [0.3, 0.4) is 0 Å². The molecule has 388 valence electrons. The van der Waals surface area contributed by atoms with Crippen molar-refractivity contribution in [3.63, 3.8) is 0 Å². The predicted molar refractivity (Wildman–Crippen MR) is 270 cm³/mol. The minimum atomic E-state index is -1.67. The number of hydrogen-bond acceptors (Lipinski definition) is 10. The van der Waals surface area contributed by atoms with Crippen LogP contribution >= 0.6 is 0 Å². The molecule has 0 aliphatic carbocycles. The van der Waals surface area contributed by atoms with E-state index in [1.165, 1.54) is 148 Å². The van der Waals surface area contributed by atoms with Gasteiger partial charge in [0.15, 0.2) is 6.29 Å². The first-order chi connectivity index (χ1) is 32.2. The first-order valence-electron chi connectivity index (χ1n) is 27.4. The maximum absolute atomic E-state index is 13.1. The Labute approximate surface area is 403 Å². The summed E-state index contributed by atoms with van der Waals surface area (Å²) in [6, 6.07) is -1.19. The minimum Gasteiger partial charge on any atom is -0.394 e. The van der Waals surface area contributed by atoms with Gasteiger partial charge in [-0.25, -0.2) is 0 Å². The van der Waals surface area contributed by atoms with Crippen molar-refractivity contribution >= 4 is 5.91 Å². The number of ether oxygens (including phenoxy) is 2. The summed E-state index contributed by atoms with van der Waals surface area (Å²) in [5.74, 6) is -0.711. The molecule has 0 aromatic carbocycles. The van der Waals surface area contributed by atoms with Crippen LogP contribution in [-0.4, -0.2) is 110 Å². The highest BCUT2D eigenvalue weighted by Gasteiger charge is 2.44. The third-order valence-electron chi connectivity index (χ3n) is 13.1. The van der Waals surface area contributed by atoms with Gasteiger partial charge >= 0.3 is 0 Å². The van der Waals surface area contributed by atoms with Gasteiger partial charge in [0.25, 0.3) is 0 Å². The molecule has 0 aromatic heterocycles. The van der Waals surface area contributed by atoms with Crippen LogP contribution in [0.5, 0.6) is 0 Å². The molecule has 0 bridgehead atoms. The molecule has 1 amide bonds. The molecule has 1 saturated heterocycles. The molecule has 1 heterocycles. The fourth-order valence-electron chi connectivity index (χ4n) is 8.64. The topological polar surface area (TPSA) is 189 Å². The second-order valence-corrected chi connectivity index (χ2v) is 19.3. The highest BCUT2D eigenvalue weighted by Crippen LogP contribution is 2.23. The molecule has 0 aromatic rings. The second-order valence-electron chi connectivity index (χ2n) is 19.3. The monoisotopic (exact) mass is 938 g/mol. The van der Waals surface area contributed by atoms with Crippen LogP contribution in [0.1, 0.15) is 239 Å². The Morgan fingerprint density at radius 2 is 0.939 bits per heavy atom. The highest BCUT2D eigenvalue weighted by molar-refractivity contribution is 5.80. The van der Waals surface area contributed by atoms with E-state index in [0.717, 1.165) is 44.9 Å². The van der Waals surface area contributed by atoms with Gasteiger partial charge in [-0.1, -0.05) is 204 Å². The molecule has 0 saturated carbocycles. The summed E-state index contributed by atoms with van der Waals surface area (Å²) in [4.78, 5) is 13.1. The van der Waals surface area contributed by atoms with Crippen LogP contribution in [-0.2, 0) is 14.3 Å². The lowest BCUT2D eigenvalue weighted by Crippen LogP contribution is -2.60. The van der Waals surface area contributed by atoms with E-state index in [-0.39, 0.29) is 12.8 Å². The fourth-order valence-corrected chi connectivity index (χ4v) is 8.64. The maximum Gasteiger partial charge on any atom is 0.249 e. The normalized spacial score (nSPS) is 21.0. The summed E-state index contributed by atoms with van der Waals surface area (Å²) in [6.07, 6.45) is 42.4. The number of carbonyl (C=O) groups is 1. The van der Waals surface area contributed by atoms with Crippen LogP contribution < -0.4 is 5.32 Å². The quantitative estimate of drug-likeness (QED) is 0.0215. The summed E-state index contributed by atoms with van der Waals surface area (Å²) < 4.78 is 11.1. The Morgan fingerprint density at radius 3 is 1.41 bits per heavy atom. The van der Waals surface area contributed by atoms with Gasteiger partial charge in [0.05, 0.1) is 25.4 Å². The van der Waals surface area contributed by atoms with E-state index in [4.69, 9.17) is 9.47 Å². The zero-order valence-corrected chi connectivity index (χ0v) is 42.2. The molecule has 11 nitrogen and oxygen atoms in total. The van der Waals surface area contributed by atoms with Gasteiger partial charge in [0.2, 0.25) is 5.91 Å². The fraction of sp³-hybridized carbons (Fsp3) is 0.873. The van der Waals surface area contributed by atoms with Crippen LogP contribution in [0.25, 0.3) is 0 Å². The molecular formula is C55H103NO10. The predicted octanol–water partition coefficient (Wildman–Crippen LogP) is 10.7. The summed E-state index contributed by atoms with van der Waals surface area (Å²) in [5, 5.41) is 75.7. The van der Waals surface area contributed by atoms with Gasteiger partial charge in [-0.2, -0.15) is 0 Å². The van der Waals surface area contributed by atoms with Crippen molar-refractivity contribution in [3.05, 3.63) is 36.5 Å². The molecule has 1 rings (SSSR count). The Hall–Kier alpha value is -1.67. The molecule has 11 heteroatoms. The van der Waals surface area contributed by atoms with Gasteiger partial charge in [0, 0.05) is 0 Å². The van der Waals surface area contributed by atoms with Crippen molar-refractivity contribution in [2.24, 2.45) is 0 Å². The number of rotatable bonds is 46. The number of aliphatic hydroxyl groups excluding tert-OH is 7. The first-order valence-corrected chi connectivity index (χ1v) is 27.4. The molecule has 1 aliphatic heterocycles. The average Bonchev–Trinajstić information content (AvgIpc) is 3.32. The van der Waals surface area contributed by atoms with Gasteiger partial charge < -0.3 is 50.5 Å². The molecule has 8 N–H and O–H groups in total. The van der Waals surface area contributed by atoms with Gasteiger partial charge in [0.1, 0.15) is 36.6 Å². The number of unbranched alkanes of at least 4 members (excludes halogenated alkanes) is 28. The zero-order valence-electron chi connectivity index (χ0n) is 42.2. The van der Waals surface area contributed by atoms with E-state index in [9.17, 15) is 40.5 Å². The van der Waals surface area contributed by atoms with E-state index in [2.05, 4.69) is 49.5 Å². The van der Waals surface area contributed by atoms with Crippen molar-refractivity contribution in [2.75, 3.05) is 13.2 Å². The number of aliphatic hydroxyl groups is 7. The molecule has 0 spiro atoms. The Kier molecular flexibility index (Phi) is 42.1. The molecular weight excluding hydrogens is 835 g/mol. The van der Waals surface area contributed by atoms with Crippen molar-refractivity contribution in [1.29, 1.82) is 0 Å². The SMILES string of the molecule is CCC/C=C/CC/C=C/CCCC(O)C(O)C(COC1OC(CO)C(O)C(O)C1O)NC(=O)C(O)CCCCCCCCCCCCCCC/C=C\CCCCCCCCCCCCCC. The van der Waals surface area contributed by atoms with E-state index in [0.29, 0.717) is 19.3 Å². The number of hydrogen-bond donors (Lipinski definition) is 8. The van der Waals surface area contributed by atoms with Gasteiger partial charge in [-0.3, -0.25) is 4.79 Å². The van der Waals surface area contributed by atoms with Crippen molar-refractivity contribution in [2.45, 2.75) is 294 Å². The molecule has 1 fully saturated rings. The molecule has 0 radical (unpaired) electrons. The smallest absolute Gasteiger partial charge is 0.249 e. The van der Waals surface area contributed by atoms with Crippen molar-refractivity contribution in [1.82, 2.24) is 5.32 Å². The maximum atomic E-state index is 13.1. The Bertz CT molecular complexity index is 1170. The summed E-state index contributed by atoms with van der Waals surface area (Å²) >= 11 is 0. The van der Waals surface area contributed by atoms with Crippen molar-refractivity contribution < 1.29 is 50.0 Å². The first kappa shape index (κ1) is 62.3. The standard InChI is InChI=1S/C55H103NO10/c1-3-5-7-9-11-13-15-16-17-18-19-20-21-22-23-24-25-26-27-28-29-30-31-32-33-35-37-39-41-43-48(59)54(64)56-46(45-65-55-53(63)52(62)51(61)49(44-57)66-55)50(60)47(58)42-40-38-36-34-14-12-10-8-6-4-2/h8,10,22-23,34,36,46-53,55,57-63H,3-7,9,11-21,24-33,35,37-45H2,1-2H3,(H,56,64)/b10-8+,23-22-,36-34+. The van der Waals surface area contributed by atoms with Crippen LogP contribution in [0, 0.1) is 0 Å². The summed E-state index contributed by atoms with van der Waals surface area (Å²) in [6.45, 7) is 3.35. The lowest BCUT2D eigenvalue weighted by molar-refractivity contribution is -0.303. The third kappa shape index (κ3) is 33.0. The Morgan fingerprint density at radius 1 is 0.515 bits per heavy atom. The number of amides is 1. The number of allylic oxidation sites excluding steroid dienone is 6. The molecule has 1 aliphatic rings. The van der Waals surface area contributed by atoms with Gasteiger partial charge in [-0.15, -0.1) is 0 Å². The van der Waals surface area contributed by atoms with E-state index < -0.39 is 74.2 Å². The number of carbonyl (C=O) groups excluding carboxylic acids is 1. The van der Waals surface area contributed by atoms with Crippen LogP contribution in [0.2, 0.25) is 0 Å². The van der Waals surface area contributed by atoms with E-state index in [1.54, 1.807) is 0 Å². The van der Waals surface area contributed by atoms with Crippen molar-refractivity contribution in [3.8, 4) is 0 Å². The second kappa shape index (κ2) is 44.5. The lowest BCUT2D eigenvalue weighted by Gasteiger charge is -2.40.